The van der Waals surface area contributed by atoms with Crippen LogP contribution in [0.4, 0.5) is 0 Å². The van der Waals surface area contributed by atoms with Crippen LogP contribution >= 0.6 is 0 Å². The highest BCUT2D eigenvalue weighted by molar-refractivity contribution is 5.85. The van der Waals surface area contributed by atoms with Crippen molar-refractivity contribution in [2.45, 2.75) is 13.3 Å². The maximum atomic E-state index is 12.3. The molecule has 0 aliphatic heterocycles. The predicted octanol–water partition coefficient (Wildman–Crippen LogP) is 1.47. The van der Waals surface area contributed by atoms with Gasteiger partial charge in [-0.05, 0) is 23.8 Å². The summed E-state index contributed by atoms with van der Waals surface area (Å²) in [5, 5.41) is 5.59. The summed E-state index contributed by atoms with van der Waals surface area (Å²) in [5.74, 6) is -0.347. The van der Waals surface area contributed by atoms with Gasteiger partial charge in [0.1, 0.15) is 0 Å². The molecule has 0 aliphatic rings. The lowest BCUT2D eigenvalue weighted by Gasteiger charge is -2.10. The second kappa shape index (κ2) is 5.77. The van der Waals surface area contributed by atoms with Crippen molar-refractivity contribution in [1.29, 1.82) is 0 Å². The fraction of sp³-hybridized carbons (Fsp3) is 0.125. The number of hydrogen-bond donors (Lipinski definition) is 1. The predicted molar refractivity (Wildman–Crippen MR) is 83.1 cm³/mol. The van der Waals surface area contributed by atoms with E-state index in [1.807, 2.05) is 24.3 Å². The van der Waals surface area contributed by atoms with Crippen molar-refractivity contribution in [3.8, 4) is 0 Å². The number of fused-ring (bicyclic) bond motifs is 1. The molecule has 110 valence electrons. The highest BCUT2D eigenvalue weighted by Crippen LogP contribution is 2.16. The Bertz CT molecular complexity index is 888. The van der Waals surface area contributed by atoms with Crippen molar-refractivity contribution >= 4 is 16.7 Å². The smallest absolute Gasteiger partial charge is 0.274 e. The van der Waals surface area contributed by atoms with E-state index in [0.717, 1.165) is 21.4 Å². The molecule has 0 fully saturated rings. The highest BCUT2D eigenvalue weighted by Gasteiger charge is 2.11. The Kier molecular flexibility index (Phi) is 3.65. The van der Waals surface area contributed by atoms with Gasteiger partial charge < -0.3 is 0 Å². The third-order valence-corrected chi connectivity index (χ3v) is 3.27. The van der Waals surface area contributed by atoms with E-state index in [1.54, 1.807) is 24.5 Å². The molecule has 1 N–H and O–H groups in total. The SMILES string of the molecule is CC(=O)Nn1nc(Cc2ccncc2)c2ccccc2c1=O. The van der Waals surface area contributed by atoms with E-state index in [0.29, 0.717) is 11.8 Å². The Hall–Kier alpha value is -3.02. The van der Waals surface area contributed by atoms with Gasteiger partial charge in [0.2, 0.25) is 5.91 Å². The Labute approximate surface area is 126 Å². The first-order valence-corrected chi connectivity index (χ1v) is 6.82. The zero-order valence-electron chi connectivity index (χ0n) is 12.0. The first-order valence-electron chi connectivity index (χ1n) is 6.82. The lowest BCUT2D eigenvalue weighted by molar-refractivity contribution is -0.115. The second-order valence-electron chi connectivity index (χ2n) is 4.91. The molecule has 6 heteroatoms. The normalized spacial score (nSPS) is 10.6. The van der Waals surface area contributed by atoms with Crippen LogP contribution in [0.3, 0.4) is 0 Å². The summed E-state index contributed by atoms with van der Waals surface area (Å²) < 4.78 is 0. The fourth-order valence-corrected chi connectivity index (χ4v) is 2.30. The average Bonchev–Trinajstić information content (AvgIpc) is 2.52. The van der Waals surface area contributed by atoms with Crippen molar-refractivity contribution in [3.63, 3.8) is 0 Å². The Morgan fingerprint density at radius 3 is 2.50 bits per heavy atom. The van der Waals surface area contributed by atoms with Crippen LogP contribution < -0.4 is 11.0 Å². The molecule has 0 saturated carbocycles. The van der Waals surface area contributed by atoms with Gasteiger partial charge in [-0.1, -0.05) is 18.2 Å². The van der Waals surface area contributed by atoms with Crippen LogP contribution in [0.2, 0.25) is 0 Å². The number of hydrogen-bond acceptors (Lipinski definition) is 4. The van der Waals surface area contributed by atoms with Crippen LogP contribution in [-0.4, -0.2) is 20.8 Å². The number of amides is 1. The average molecular weight is 294 g/mol. The summed E-state index contributed by atoms with van der Waals surface area (Å²) in [5.41, 5.74) is 3.84. The molecule has 0 atom stereocenters. The number of carbonyl (C=O) groups excluding carboxylic acids is 1. The first kappa shape index (κ1) is 13.9. The van der Waals surface area contributed by atoms with E-state index in [2.05, 4.69) is 15.5 Å². The summed E-state index contributed by atoms with van der Waals surface area (Å²) in [7, 11) is 0. The van der Waals surface area contributed by atoms with Crippen LogP contribution in [-0.2, 0) is 11.2 Å². The number of aromatic nitrogens is 3. The van der Waals surface area contributed by atoms with Gasteiger partial charge in [-0.3, -0.25) is 14.6 Å². The maximum Gasteiger partial charge on any atom is 0.294 e. The zero-order valence-corrected chi connectivity index (χ0v) is 12.0. The standard InChI is InChI=1S/C16H14N4O2/c1-11(21)18-20-16(22)14-5-3-2-4-13(14)15(19-20)10-12-6-8-17-9-7-12/h2-9H,10H2,1H3,(H,18,21). The molecule has 0 bridgehead atoms. The van der Waals surface area contributed by atoms with E-state index in [-0.39, 0.29) is 11.5 Å². The number of nitrogens with one attached hydrogen (secondary N) is 1. The summed E-state index contributed by atoms with van der Waals surface area (Å²) in [6.07, 6.45) is 3.96. The number of nitrogens with zero attached hydrogens (tertiary/aromatic N) is 3. The van der Waals surface area contributed by atoms with Crippen LogP contribution in [0.15, 0.2) is 53.6 Å². The molecule has 3 aromatic rings. The summed E-state index contributed by atoms with van der Waals surface area (Å²) in [4.78, 5) is 28.6. The van der Waals surface area contributed by atoms with Gasteiger partial charge in [0.25, 0.3) is 5.56 Å². The lowest BCUT2D eigenvalue weighted by Crippen LogP contribution is -2.34. The van der Waals surface area contributed by atoms with Crippen LogP contribution in [0, 0.1) is 0 Å². The monoisotopic (exact) mass is 294 g/mol. The number of carbonyl (C=O) groups is 1. The molecule has 22 heavy (non-hydrogen) atoms. The van der Waals surface area contributed by atoms with Gasteiger partial charge in [-0.25, -0.2) is 5.43 Å². The quantitative estimate of drug-likeness (QED) is 0.793. The molecule has 0 saturated heterocycles. The molecular weight excluding hydrogens is 280 g/mol. The fourth-order valence-electron chi connectivity index (χ4n) is 2.30. The van der Waals surface area contributed by atoms with Crippen LogP contribution in [0.25, 0.3) is 10.8 Å². The van der Waals surface area contributed by atoms with E-state index in [4.69, 9.17) is 0 Å². The molecular formula is C16H14N4O2. The molecule has 2 aromatic heterocycles. The van der Waals surface area contributed by atoms with E-state index >= 15 is 0 Å². The molecule has 0 unspecified atom stereocenters. The van der Waals surface area contributed by atoms with E-state index in [1.165, 1.54) is 6.92 Å². The third-order valence-electron chi connectivity index (χ3n) is 3.27. The second-order valence-corrected chi connectivity index (χ2v) is 4.91. The molecule has 3 rings (SSSR count). The molecule has 2 heterocycles. The summed E-state index contributed by atoms with van der Waals surface area (Å²) in [6, 6.07) is 11.0. The molecule has 1 amide bonds. The maximum absolute atomic E-state index is 12.3. The summed E-state index contributed by atoms with van der Waals surface area (Å²) >= 11 is 0. The Morgan fingerprint density at radius 1 is 1.14 bits per heavy atom. The van der Waals surface area contributed by atoms with Crippen molar-refractivity contribution in [1.82, 2.24) is 14.9 Å². The van der Waals surface area contributed by atoms with Gasteiger partial charge in [0, 0.05) is 31.1 Å². The van der Waals surface area contributed by atoms with Crippen molar-refractivity contribution < 1.29 is 4.79 Å². The van der Waals surface area contributed by atoms with Gasteiger partial charge in [0.15, 0.2) is 0 Å². The van der Waals surface area contributed by atoms with Crippen molar-refractivity contribution in [2.24, 2.45) is 0 Å². The van der Waals surface area contributed by atoms with Crippen molar-refractivity contribution in [3.05, 3.63) is 70.4 Å². The zero-order chi connectivity index (χ0) is 15.5. The van der Waals surface area contributed by atoms with Gasteiger partial charge in [-0.2, -0.15) is 5.10 Å². The minimum atomic E-state index is -0.347. The Balaban J connectivity index is 2.17. The van der Waals surface area contributed by atoms with Crippen LogP contribution in [0.1, 0.15) is 18.2 Å². The third kappa shape index (κ3) is 2.71. The van der Waals surface area contributed by atoms with Gasteiger partial charge >= 0.3 is 0 Å². The molecule has 0 spiro atoms. The molecule has 0 radical (unpaired) electrons. The molecule has 1 aromatic carbocycles. The van der Waals surface area contributed by atoms with Gasteiger partial charge in [0.05, 0.1) is 11.1 Å². The van der Waals surface area contributed by atoms with E-state index in [9.17, 15) is 9.59 Å². The van der Waals surface area contributed by atoms with E-state index < -0.39 is 0 Å². The number of pyridine rings is 1. The lowest BCUT2D eigenvalue weighted by atomic mass is 10.1. The molecule has 0 aliphatic carbocycles. The largest absolute Gasteiger partial charge is 0.294 e. The Morgan fingerprint density at radius 2 is 1.82 bits per heavy atom. The minimum absolute atomic E-state index is 0.343. The molecule has 6 nitrogen and oxygen atoms in total. The number of benzene rings is 1. The van der Waals surface area contributed by atoms with Crippen molar-refractivity contribution in [2.75, 3.05) is 5.43 Å². The minimum Gasteiger partial charge on any atom is -0.274 e. The van der Waals surface area contributed by atoms with Gasteiger partial charge in [-0.15, -0.1) is 4.79 Å². The summed E-state index contributed by atoms with van der Waals surface area (Å²) in [6.45, 7) is 1.34. The highest BCUT2D eigenvalue weighted by atomic mass is 16.2. The topological polar surface area (TPSA) is 76.9 Å². The number of rotatable bonds is 3. The first-order chi connectivity index (χ1) is 10.6. The van der Waals surface area contributed by atoms with Crippen LogP contribution in [0.5, 0.6) is 0 Å².